The van der Waals surface area contributed by atoms with Gasteiger partial charge in [0.25, 0.3) is 0 Å². The largest absolute Gasteiger partial charge is 0.395 e. The van der Waals surface area contributed by atoms with E-state index in [1.165, 1.54) is 0 Å². The zero-order valence-electron chi connectivity index (χ0n) is 10.6. The van der Waals surface area contributed by atoms with Crippen molar-refractivity contribution in [1.29, 1.82) is 0 Å². The SMILES string of the molecule is Cc1nn(C(C)C)c(Sc2cccc(Br)c2)c1N. The number of aromatic nitrogens is 2. The van der Waals surface area contributed by atoms with Crippen LogP contribution >= 0.6 is 27.7 Å². The van der Waals surface area contributed by atoms with Gasteiger partial charge < -0.3 is 5.73 Å². The Morgan fingerprint density at radius 2 is 2.11 bits per heavy atom. The van der Waals surface area contributed by atoms with Crippen LogP contribution in [0.25, 0.3) is 0 Å². The van der Waals surface area contributed by atoms with Crippen molar-refractivity contribution in [1.82, 2.24) is 9.78 Å². The van der Waals surface area contributed by atoms with Crippen LogP contribution in [0.3, 0.4) is 0 Å². The number of anilines is 1. The maximum atomic E-state index is 6.11. The van der Waals surface area contributed by atoms with Gasteiger partial charge >= 0.3 is 0 Å². The van der Waals surface area contributed by atoms with E-state index in [0.717, 1.165) is 25.8 Å². The van der Waals surface area contributed by atoms with Crippen LogP contribution in [0.15, 0.2) is 38.7 Å². The number of nitrogens with two attached hydrogens (primary N) is 1. The van der Waals surface area contributed by atoms with Crippen molar-refractivity contribution in [3.63, 3.8) is 0 Å². The summed E-state index contributed by atoms with van der Waals surface area (Å²) in [5.74, 6) is 0. The molecular formula is C13H16BrN3S. The molecule has 2 rings (SSSR count). The predicted octanol–water partition coefficient (Wildman–Crippen LogP) is 4.27. The molecule has 1 aromatic carbocycles. The second-order valence-corrected chi connectivity index (χ2v) is 6.38. The van der Waals surface area contributed by atoms with Gasteiger partial charge in [-0.25, -0.2) is 0 Å². The lowest BCUT2D eigenvalue weighted by atomic mass is 10.4. The first-order valence-electron chi connectivity index (χ1n) is 5.77. The average molecular weight is 326 g/mol. The highest BCUT2D eigenvalue weighted by atomic mass is 79.9. The summed E-state index contributed by atoms with van der Waals surface area (Å²) in [6, 6.07) is 8.48. The predicted molar refractivity (Wildman–Crippen MR) is 80.0 cm³/mol. The third-order valence-corrected chi connectivity index (χ3v) is 4.17. The Morgan fingerprint density at radius 1 is 1.39 bits per heavy atom. The van der Waals surface area contributed by atoms with Gasteiger partial charge in [-0.15, -0.1) is 0 Å². The van der Waals surface area contributed by atoms with Crippen molar-refractivity contribution in [2.75, 3.05) is 5.73 Å². The molecule has 18 heavy (non-hydrogen) atoms. The van der Waals surface area contributed by atoms with E-state index in [-0.39, 0.29) is 0 Å². The summed E-state index contributed by atoms with van der Waals surface area (Å²) in [5.41, 5.74) is 7.77. The Balaban J connectivity index is 2.39. The number of hydrogen-bond donors (Lipinski definition) is 1. The Labute approximate surface area is 120 Å². The van der Waals surface area contributed by atoms with Crippen LogP contribution in [0.2, 0.25) is 0 Å². The number of benzene rings is 1. The van der Waals surface area contributed by atoms with Crippen LogP contribution in [0.5, 0.6) is 0 Å². The minimum atomic E-state index is 0.302. The smallest absolute Gasteiger partial charge is 0.122 e. The molecule has 3 nitrogen and oxygen atoms in total. The van der Waals surface area contributed by atoms with E-state index >= 15 is 0 Å². The van der Waals surface area contributed by atoms with Gasteiger partial charge in [0.2, 0.25) is 0 Å². The molecule has 0 aliphatic rings. The molecule has 0 bridgehead atoms. The van der Waals surface area contributed by atoms with E-state index in [2.05, 4.69) is 47.0 Å². The van der Waals surface area contributed by atoms with E-state index in [1.807, 2.05) is 23.7 Å². The molecule has 1 heterocycles. The van der Waals surface area contributed by atoms with Crippen molar-refractivity contribution in [2.45, 2.75) is 36.7 Å². The van der Waals surface area contributed by atoms with Gasteiger partial charge in [0.1, 0.15) is 5.03 Å². The normalized spacial score (nSPS) is 11.2. The fraction of sp³-hybridized carbons (Fsp3) is 0.308. The second-order valence-electron chi connectivity index (χ2n) is 4.40. The fourth-order valence-corrected chi connectivity index (χ4v) is 3.34. The van der Waals surface area contributed by atoms with Gasteiger partial charge in [-0.1, -0.05) is 33.8 Å². The molecule has 0 fully saturated rings. The van der Waals surface area contributed by atoms with E-state index in [4.69, 9.17) is 5.73 Å². The molecular weight excluding hydrogens is 310 g/mol. The first-order chi connectivity index (χ1) is 8.49. The van der Waals surface area contributed by atoms with E-state index in [0.29, 0.717) is 6.04 Å². The summed E-state index contributed by atoms with van der Waals surface area (Å²) in [6.45, 7) is 6.16. The van der Waals surface area contributed by atoms with Crippen LogP contribution in [-0.4, -0.2) is 9.78 Å². The molecule has 0 aliphatic heterocycles. The van der Waals surface area contributed by atoms with E-state index < -0.39 is 0 Å². The third kappa shape index (κ3) is 2.72. The highest BCUT2D eigenvalue weighted by molar-refractivity contribution is 9.10. The minimum absolute atomic E-state index is 0.302. The van der Waals surface area contributed by atoms with Gasteiger partial charge in [0, 0.05) is 15.4 Å². The molecule has 5 heteroatoms. The van der Waals surface area contributed by atoms with Crippen LogP contribution in [-0.2, 0) is 0 Å². The zero-order valence-corrected chi connectivity index (χ0v) is 13.0. The van der Waals surface area contributed by atoms with Gasteiger partial charge in [-0.3, -0.25) is 4.68 Å². The summed E-state index contributed by atoms with van der Waals surface area (Å²) in [5, 5.41) is 5.50. The van der Waals surface area contributed by atoms with Crippen molar-refractivity contribution in [3.8, 4) is 0 Å². The number of nitrogens with zero attached hydrogens (tertiary/aromatic N) is 2. The van der Waals surface area contributed by atoms with Crippen molar-refractivity contribution < 1.29 is 0 Å². The summed E-state index contributed by atoms with van der Waals surface area (Å²) in [4.78, 5) is 1.15. The topological polar surface area (TPSA) is 43.8 Å². The monoisotopic (exact) mass is 325 g/mol. The van der Waals surface area contributed by atoms with Gasteiger partial charge in [-0.2, -0.15) is 5.10 Å². The maximum absolute atomic E-state index is 6.11. The quantitative estimate of drug-likeness (QED) is 0.916. The van der Waals surface area contributed by atoms with Crippen LogP contribution in [0.4, 0.5) is 5.69 Å². The third-order valence-electron chi connectivity index (χ3n) is 2.59. The van der Waals surface area contributed by atoms with Crippen LogP contribution in [0, 0.1) is 6.92 Å². The molecule has 0 radical (unpaired) electrons. The molecule has 0 spiro atoms. The lowest BCUT2D eigenvalue weighted by Gasteiger charge is -2.11. The summed E-state index contributed by atoms with van der Waals surface area (Å²) in [7, 11) is 0. The number of hydrogen-bond acceptors (Lipinski definition) is 3. The van der Waals surface area contributed by atoms with E-state index in [1.54, 1.807) is 11.8 Å². The second kappa shape index (κ2) is 5.36. The number of rotatable bonds is 3. The van der Waals surface area contributed by atoms with Gasteiger partial charge in [-0.05, 0) is 39.0 Å². The Hall–Kier alpha value is -0.940. The van der Waals surface area contributed by atoms with Crippen LogP contribution < -0.4 is 5.73 Å². The zero-order chi connectivity index (χ0) is 13.3. The number of halogens is 1. The fourth-order valence-electron chi connectivity index (χ4n) is 1.63. The summed E-state index contributed by atoms with van der Waals surface area (Å²) in [6.07, 6.45) is 0. The molecule has 2 aromatic rings. The standard InChI is InChI=1S/C13H16BrN3S/c1-8(2)17-13(12(15)9(3)16-17)18-11-6-4-5-10(14)7-11/h4-8H,15H2,1-3H3. The number of aryl methyl sites for hydroxylation is 1. The maximum Gasteiger partial charge on any atom is 0.122 e. The molecule has 2 N–H and O–H groups in total. The van der Waals surface area contributed by atoms with Crippen molar-refractivity contribution in [2.24, 2.45) is 0 Å². The first-order valence-corrected chi connectivity index (χ1v) is 7.38. The van der Waals surface area contributed by atoms with Crippen molar-refractivity contribution in [3.05, 3.63) is 34.4 Å². The van der Waals surface area contributed by atoms with Gasteiger partial charge in [0.15, 0.2) is 0 Å². The lowest BCUT2D eigenvalue weighted by molar-refractivity contribution is 0.491. The molecule has 0 amide bonds. The Morgan fingerprint density at radius 3 is 2.72 bits per heavy atom. The molecule has 96 valence electrons. The van der Waals surface area contributed by atoms with E-state index in [9.17, 15) is 0 Å². The lowest BCUT2D eigenvalue weighted by Crippen LogP contribution is -2.04. The summed E-state index contributed by atoms with van der Waals surface area (Å²) >= 11 is 5.13. The highest BCUT2D eigenvalue weighted by Gasteiger charge is 2.15. The molecule has 1 aromatic heterocycles. The van der Waals surface area contributed by atoms with Crippen molar-refractivity contribution >= 4 is 33.4 Å². The molecule has 0 saturated heterocycles. The van der Waals surface area contributed by atoms with Gasteiger partial charge in [0.05, 0.1) is 11.4 Å². The highest BCUT2D eigenvalue weighted by Crippen LogP contribution is 2.36. The summed E-state index contributed by atoms with van der Waals surface area (Å²) < 4.78 is 3.05. The Kier molecular flexibility index (Phi) is 4.02. The first kappa shape index (κ1) is 13.5. The molecule has 0 saturated carbocycles. The number of nitrogen functional groups attached to an aromatic ring is 1. The van der Waals surface area contributed by atoms with Crippen LogP contribution in [0.1, 0.15) is 25.6 Å². The molecule has 0 aliphatic carbocycles. The Bertz CT molecular complexity index is 563. The average Bonchev–Trinajstić information content (AvgIpc) is 2.57. The minimum Gasteiger partial charge on any atom is -0.395 e. The molecule has 0 atom stereocenters. The molecule has 0 unspecified atom stereocenters.